The minimum Gasteiger partial charge on any atom is -0.502 e. The van der Waals surface area contributed by atoms with E-state index in [1.54, 1.807) is 0 Å². The number of pyridine rings is 1. The molecular weight excluding hydrogens is 446 g/mol. The van der Waals surface area contributed by atoms with Crippen molar-refractivity contribution in [1.82, 2.24) is 9.88 Å². The zero-order valence-corrected chi connectivity index (χ0v) is 17.3. The van der Waals surface area contributed by atoms with Gasteiger partial charge in [0.05, 0.1) is 13.1 Å². The van der Waals surface area contributed by atoms with Crippen LogP contribution in [0.3, 0.4) is 0 Å². The number of nitrogens with zero attached hydrogens (tertiary/aromatic N) is 2. The molecule has 7 nitrogen and oxygen atoms in total. The van der Waals surface area contributed by atoms with Crippen molar-refractivity contribution in [2.45, 2.75) is 38.1 Å². The number of hydrogen-bond acceptors (Lipinski definition) is 4. The van der Waals surface area contributed by atoms with E-state index in [2.05, 4.69) is 5.32 Å². The van der Waals surface area contributed by atoms with Gasteiger partial charge in [-0.25, -0.2) is 26.8 Å². The number of halogens is 4. The molecule has 1 aromatic heterocycles. The quantitative estimate of drug-likeness (QED) is 0.535. The SMILES string of the molecule is O=C(NCc1c(F)cc(F)cc1F)c1cn2c(c(O)c1=O)C(=O)[N+]1(CC2)C[C@@H]2CC1[C@@H](F)C2. The van der Waals surface area contributed by atoms with E-state index in [0.717, 1.165) is 6.20 Å². The van der Waals surface area contributed by atoms with Crippen LogP contribution in [0.1, 0.15) is 39.3 Å². The first-order valence-electron chi connectivity index (χ1n) is 10.6. The maximum atomic E-state index is 14.4. The minimum absolute atomic E-state index is 0.0756. The van der Waals surface area contributed by atoms with Crippen LogP contribution in [0.25, 0.3) is 0 Å². The lowest BCUT2D eigenvalue weighted by atomic mass is 10.0. The van der Waals surface area contributed by atoms with Crippen molar-refractivity contribution in [3.63, 3.8) is 0 Å². The highest BCUT2D eigenvalue weighted by molar-refractivity contribution is 5.97. The van der Waals surface area contributed by atoms with E-state index in [4.69, 9.17) is 0 Å². The first kappa shape index (κ1) is 21.6. The summed E-state index contributed by atoms with van der Waals surface area (Å²) in [5.41, 5.74) is -2.50. The maximum Gasteiger partial charge on any atom is 0.366 e. The zero-order valence-electron chi connectivity index (χ0n) is 17.3. The summed E-state index contributed by atoms with van der Waals surface area (Å²) in [6.45, 7) is 0.225. The van der Waals surface area contributed by atoms with Crippen LogP contribution in [0.2, 0.25) is 0 Å². The van der Waals surface area contributed by atoms with Gasteiger partial charge in [-0.2, -0.15) is 0 Å². The Morgan fingerprint density at radius 1 is 1.18 bits per heavy atom. The van der Waals surface area contributed by atoms with Crippen molar-refractivity contribution in [3.8, 4) is 5.75 Å². The number of fused-ring (bicyclic) bond motifs is 4. The third kappa shape index (κ3) is 3.17. The molecule has 174 valence electrons. The van der Waals surface area contributed by atoms with E-state index >= 15 is 0 Å². The molecule has 2 bridgehead atoms. The number of alkyl halides is 1. The Bertz CT molecular complexity index is 1240. The molecule has 2 aromatic rings. The van der Waals surface area contributed by atoms with Crippen molar-refractivity contribution in [3.05, 3.63) is 62.8 Å². The second-order valence-electron chi connectivity index (χ2n) is 8.96. The Balaban J connectivity index is 1.43. The summed E-state index contributed by atoms with van der Waals surface area (Å²) in [7, 11) is 0. The second kappa shape index (κ2) is 7.41. The van der Waals surface area contributed by atoms with Crippen molar-refractivity contribution in [2.24, 2.45) is 5.92 Å². The van der Waals surface area contributed by atoms with Gasteiger partial charge in [0.25, 0.3) is 5.91 Å². The number of benzene rings is 1. The molecule has 1 saturated heterocycles. The lowest BCUT2D eigenvalue weighted by molar-refractivity contribution is -0.872. The highest BCUT2D eigenvalue weighted by Crippen LogP contribution is 2.47. The monoisotopic (exact) mass is 466 g/mol. The summed E-state index contributed by atoms with van der Waals surface area (Å²) < 4.78 is 56.2. The Labute approximate surface area is 184 Å². The maximum absolute atomic E-state index is 14.4. The van der Waals surface area contributed by atoms with Gasteiger partial charge in [0.2, 0.25) is 5.43 Å². The number of quaternary nitrogens is 1. The van der Waals surface area contributed by atoms with E-state index in [1.807, 2.05) is 0 Å². The molecule has 3 heterocycles. The number of rotatable bonds is 3. The van der Waals surface area contributed by atoms with Crippen LogP contribution in [0.4, 0.5) is 17.6 Å². The Morgan fingerprint density at radius 2 is 1.88 bits per heavy atom. The normalized spacial score (nSPS) is 27.8. The molecule has 11 heteroatoms. The molecule has 2 N–H and O–H groups in total. The summed E-state index contributed by atoms with van der Waals surface area (Å²) in [6.07, 6.45) is 0.976. The van der Waals surface area contributed by atoms with E-state index in [9.17, 15) is 37.1 Å². The molecule has 1 saturated carbocycles. The lowest BCUT2D eigenvalue weighted by Crippen LogP contribution is -2.64. The van der Waals surface area contributed by atoms with Gasteiger partial charge in [-0.1, -0.05) is 0 Å². The predicted octanol–water partition coefficient (Wildman–Crippen LogP) is 2.00. The van der Waals surface area contributed by atoms with Gasteiger partial charge in [0, 0.05) is 42.8 Å². The van der Waals surface area contributed by atoms with Gasteiger partial charge >= 0.3 is 5.91 Å². The van der Waals surface area contributed by atoms with Crippen molar-refractivity contribution >= 4 is 11.8 Å². The largest absolute Gasteiger partial charge is 0.502 e. The van der Waals surface area contributed by atoms with Gasteiger partial charge in [-0.15, -0.1) is 0 Å². The summed E-state index contributed by atoms with van der Waals surface area (Å²) in [4.78, 5) is 38.6. The first-order valence-corrected chi connectivity index (χ1v) is 10.6. The molecule has 2 fully saturated rings. The molecule has 3 aliphatic rings. The molecule has 5 rings (SSSR count). The number of nitrogens with one attached hydrogen (secondary N) is 1. The molecule has 4 atom stereocenters. The van der Waals surface area contributed by atoms with E-state index in [-0.39, 0.29) is 29.2 Å². The van der Waals surface area contributed by atoms with Crippen molar-refractivity contribution in [1.29, 1.82) is 0 Å². The molecule has 33 heavy (non-hydrogen) atoms. The van der Waals surface area contributed by atoms with Gasteiger partial charge in [0.15, 0.2) is 17.6 Å². The van der Waals surface area contributed by atoms with Crippen LogP contribution >= 0.6 is 0 Å². The molecule has 1 aromatic carbocycles. The molecule has 2 unspecified atom stereocenters. The third-order valence-corrected chi connectivity index (χ3v) is 7.15. The average Bonchev–Trinajstić information content (AvgIpc) is 3.29. The van der Waals surface area contributed by atoms with Gasteiger partial charge < -0.3 is 15.0 Å². The molecule has 2 amide bonds. The summed E-state index contributed by atoms with van der Waals surface area (Å²) in [5.74, 6) is -5.94. The smallest absolute Gasteiger partial charge is 0.366 e. The van der Waals surface area contributed by atoms with Crippen LogP contribution in [0.15, 0.2) is 23.1 Å². The molecule has 2 aliphatic heterocycles. The van der Waals surface area contributed by atoms with Crippen molar-refractivity contribution < 1.29 is 36.7 Å². The summed E-state index contributed by atoms with van der Waals surface area (Å²) in [5, 5.41) is 12.7. The highest BCUT2D eigenvalue weighted by atomic mass is 19.1. The Morgan fingerprint density at radius 3 is 2.52 bits per heavy atom. The molecule has 1 spiro atoms. The Hall–Kier alpha value is -3.21. The molecular formula is C22H20F4N3O4+. The number of aromatic nitrogens is 1. The molecule has 0 radical (unpaired) electrons. The van der Waals surface area contributed by atoms with Gasteiger partial charge in [0.1, 0.15) is 35.6 Å². The van der Waals surface area contributed by atoms with E-state index in [1.165, 1.54) is 4.57 Å². The minimum atomic E-state index is -1.21. The van der Waals surface area contributed by atoms with Gasteiger partial charge in [-0.3, -0.25) is 9.59 Å². The van der Waals surface area contributed by atoms with Gasteiger partial charge in [-0.05, 0) is 6.42 Å². The number of carbonyl (C=O) groups is 2. The zero-order chi connectivity index (χ0) is 23.7. The number of amides is 2. The number of carbonyl (C=O) groups excluding carboxylic acids is 2. The number of piperidine rings is 1. The second-order valence-corrected chi connectivity index (χ2v) is 8.96. The number of aromatic hydroxyl groups is 1. The fourth-order valence-corrected chi connectivity index (χ4v) is 5.62. The topological polar surface area (TPSA) is 88.4 Å². The van der Waals surface area contributed by atoms with Crippen LogP contribution in [-0.4, -0.2) is 51.3 Å². The number of hydrogen-bond donors (Lipinski definition) is 2. The third-order valence-electron chi connectivity index (χ3n) is 7.15. The summed E-state index contributed by atoms with van der Waals surface area (Å²) in [6, 6.07) is 0.414. The fourth-order valence-electron chi connectivity index (χ4n) is 5.62. The van der Waals surface area contributed by atoms with Crippen LogP contribution in [-0.2, 0) is 13.1 Å². The first-order chi connectivity index (χ1) is 15.6. The fraction of sp³-hybridized carbons (Fsp3) is 0.409. The highest BCUT2D eigenvalue weighted by Gasteiger charge is 2.62. The average molecular weight is 466 g/mol. The van der Waals surface area contributed by atoms with Crippen LogP contribution < -0.4 is 10.7 Å². The van der Waals surface area contributed by atoms with E-state index in [0.29, 0.717) is 31.5 Å². The van der Waals surface area contributed by atoms with Crippen LogP contribution in [0, 0.1) is 23.4 Å². The lowest BCUT2D eigenvalue weighted by Gasteiger charge is -2.43. The summed E-state index contributed by atoms with van der Waals surface area (Å²) >= 11 is 0. The van der Waals surface area contributed by atoms with E-state index < -0.39 is 70.3 Å². The van der Waals surface area contributed by atoms with Crippen LogP contribution in [0.5, 0.6) is 5.75 Å². The predicted molar refractivity (Wildman–Crippen MR) is 106 cm³/mol. The standard InChI is InChI=1S/C22H19F4N3O4/c23-11-5-14(24)12(15(25)6-11)7-27-21(32)13-8-28-1-2-29(9-10-3-16(26)17(29)4-10)22(33)18(28)20(31)19(13)30/h5-6,8,10,16-17H,1-4,7,9H2,(H-,27,31,32,33)/p+1/t10-,16-,17?,29?/m0/s1. The molecule has 1 aliphatic carbocycles. The van der Waals surface area contributed by atoms with Crippen molar-refractivity contribution in [2.75, 3.05) is 13.1 Å². The Kier molecular flexibility index (Phi) is 4.85.